The Labute approximate surface area is 790 Å². The largest absolute Gasteiger partial charge is 0.479 e. The van der Waals surface area contributed by atoms with E-state index in [1.165, 1.54) is 122 Å². The topological polar surface area (TPSA) is 896 Å². The van der Waals surface area contributed by atoms with Gasteiger partial charge in [0.2, 0.25) is 5.95 Å². The second-order valence-corrected chi connectivity index (χ2v) is 59.7. The number of carbonyl (C=O) groups excluding carboxylic acids is 1. The van der Waals surface area contributed by atoms with Crippen molar-refractivity contribution in [2.45, 2.75) is 106 Å². The molecule has 0 saturated carbocycles. The van der Waals surface area contributed by atoms with Gasteiger partial charge in [-0.3, -0.25) is 73.8 Å². The molecular formula is C54H94N14O46P12S8. The number of nitrogens with two attached hydrogens (primary N) is 3. The Morgan fingerprint density at radius 3 is 1.19 bits per heavy atom. The van der Waals surface area contributed by atoms with Gasteiger partial charge in [0, 0.05) is 49.9 Å². The molecule has 20 atom stereocenters. The van der Waals surface area contributed by atoms with Gasteiger partial charge in [0.15, 0.2) is 40.7 Å². The molecule has 1 amide bonds. The zero-order valence-corrected chi connectivity index (χ0v) is 86.8. The third kappa shape index (κ3) is 40.7. The molecule has 0 aromatic carbocycles. The molecule has 134 heavy (non-hydrogen) atoms. The Morgan fingerprint density at radius 2 is 0.836 bits per heavy atom. The van der Waals surface area contributed by atoms with Crippen LogP contribution in [0.3, 0.4) is 0 Å². The number of phosphoric ester groups is 4. The molecule has 4 aromatic rings. The van der Waals surface area contributed by atoms with Crippen molar-refractivity contribution in [3.05, 3.63) is 84.1 Å². The summed E-state index contributed by atoms with van der Waals surface area (Å²) in [5.41, 5.74) is 18.0. The lowest BCUT2D eigenvalue weighted by molar-refractivity contribution is -0.119. The monoisotopic (exact) mass is 2300 g/mol. The number of imidazole rings is 1. The van der Waals surface area contributed by atoms with Gasteiger partial charge in [0.1, 0.15) is 102 Å². The summed E-state index contributed by atoms with van der Waals surface area (Å²) in [6, 6.07) is 1.52. The number of ether oxygens (including phenoxy) is 8. The third-order valence-corrected chi connectivity index (χ3v) is 43.7. The van der Waals surface area contributed by atoms with Crippen LogP contribution in [0.4, 0.5) is 11.8 Å². The summed E-state index contributed by atoms with van der Waals surface area (Å²) < 4.78 is 224. The number of nitrogen functional groups attached to an aromatic ring is 2. The molecule has 6 aliphatic heterocycles. The second-order valence-electron chi connectivity index (χ2n) is 27.3. The van der Waals surface area contributed by atoms with Crippen LogP contribution >= 0.6 is 178 Å². The number of anilines is 2. The molecule has 8 unspecified atom stereocenters. The van der Waals surface area contributed by atoms with Crippen molar-refractivity contribution in [2.75, 3.05) is 110 Å². The van der Waals surface area contributed by atoms with E-state index >= 15 is 0 Å². The highest BCUT2D eigenvalue weighted by Crippen LogP contribution is 2.69. The third-order valence-electron chi connectivity index (χ3n) is 16.9. The Hall–Kier alpha value is -1.65. The molecule has 0 aliphatic carbocycles. The molecule has 0 radical (unpaired) electrons. The number of nitrogens with zero attached hydrogens (tertiary/aromatic N) is 9. The Balaban J connectivity index is 0.000000244. The van der Waals surface area contributed by atoms with Gasteiger partial charge >= 0.3 is 92.1 Å². The van der Waals surface area contributed by atoms with E-state index in [1.807, 2.05) is 25.0 Å². The molecule has 4 saturated heterocycles. The smallest absolute Gasteiger partial charge is 0.384 e. The molecule has 0 spiro atoms. The SMILES string of the molecule is C=C1N=C(N)C=CN1[C@H]1C[C@H](OCSSC)[C@@H](COP(=O)(O)OP(=O)(O)CP(=O)(O)O)O1.C=C1NC(=O)C(C)=CN1[C@H]1C[C@H](OCSSC)[C@@H](COP(=O)(O)OP(=O)(O)CP(=O)(O)O)O1.CSSCO[C@H]1C[C@H](n2ccc3c(=O)[nH]c(N)nc32)O[C@@H]1COP(=O)(O)OP(=O)(O)CP(=O)(O)O.CSSCO[C@H]1C[C@H](n2cnc3c(N)ncnc32)O[C@@H]1COP(=O)(O)OP(=O)(O)CP(=O)(O)O. The van der Waals surface area contributed by atoms with Gasteiger partial charge in [-0.05, 0) is 44.1 Å². The second kappa shape index (κ2) is 51.4. The minimum absolute atomic E-state index is 0.105. The number of aliphatic imine (C=N–C) groups is 1. The first kappa shape index (κ1) is 119. The molecule has 4 aromatic heterocycles. The van der Waals surface area contributed by atoms with E-state index in [-0.39, 0.29) is 83.4 Å². The zero-order valence-electron chi connectivity index (χ0n) is 69.5. The molecule has 10 heterocycles. The first-order valence-electron chi connectivity index (χ1n) is 36.5. The predicted molar refractivity (Wildman–Crippen MR) is 491 cm³/mol. The van der Waals surface area contributed by atoms with Crippen LogP contribution in [-0.4, -0.2) is 294 Å². The Kier molecular flexibility index (Phi) is 45.8. The maximum Gasteiger partial charge on any atom is 0.479 e. The number of amidine groups is 1. The highest BCUT2D eigenvalue weighted by Gasteiger charge is 2.50. The fourth-order valence-corrected chi connectivity index (χ4v) is 32.4. The van der Waals surface area contributed by atoms with Crippen LogP contribution in [0.25, 0.3) is 22.2 Å². The average Bonchev–Trinajstić information content (AvgIpc) is 1.50. The van der Waals surface area contributed by atoms with Crippen LogP contribution < -0.4 is 28.1 Å². The molecule has 764 valence electrons. The summed E-state index contributed by atoms with van der Waals surface area (Å²) in [5, 5.41) is 2.84. The van der Waals surface area contributed by atoms with Crippen LogP contribution in [0.2, 0.25) is 0 Å². The summed E-state index contributed by atoms with van der Waals surface area (Å²) in [4.78, 5) is 197. The van der Waals surface area contributed by atoms with Crippen molar-refractivity contribution >= 4 is 224 Å². The number of H-pyrrole nitrogens is 1. The van der Waals surface area contributed by atoms with Crippen LogP contribution in [0.15, 0.2) is 83.6 Å². The van der Waals surface area contributed by atoms with Gasteiger partial charge < -0.3 is 153 Å². The average molecular weight is 2300 g/mol. The van der Waals surface area contributed by atoms with Crippen molar-refractivity contribution in [1.29, 1.82) is 0 Å². The first-order chi connectivity index (χ1) is 61.8. The van der Waals surface area contributed by atoms with Gasteiger partial charge in [-0.15, -0.1) is 0 Å². The van der Waals surface area contributed by atoms with Gasteiger partial charge in [-0.1, -0.05) is 99.5 Å². The number of carbonyl (C=O) groups is 1. The minimum atomic E-state index is -5.23. The number of fused-ring (bicyclic) bond motifs is 2. The normalized spacial score (nSPS) is 26.1. The molecule has 60 nitrogen and oxygen atoms in total. The summed E-state index contributed by atoms with van der Waals surface area (Å²) in [6.07, 6.45) is 8.44. The number of phosphoric acid groups is 4. The molecule has 0 bridgehead atoms. The lowest BCUT2D eigenvalue weighted by Crippen LogP contribution is -2.42. The first-order valence-corrected chi connectivity index (χ1v) is 67.6. The maximum atomic E-state index is 12.2. The molecule has 80 heteroatoms. The number of hydrogen-bond acceptors (Lipinski definition) is 48. The number of nitrogens with one attached hydrogen (secondary N) is 2. The molecule has 24 N–H and O–H groups in total. The van der Waals surface area contributed by atoms with Crippen molar-refractivity contribution in [3.8, 4) is 0 Å². The van der Waals surface area contributed by atoms with E-state index in [4.69, 9.17) is 112 Å². The number of rotatable bonds is 48. The number of aromatic nitrogens is 7. The summed E-state index contributed by atoms with van der Waals surface area (Å²) in [6.45, 7) is 6.73. The number of aromatic amines is 1. The van der Waals surface area contributed by atoms with Crippen LogP contribution in [-0.2, 0) is 133 Å². The van der Waals surface area contributed by atoms with Crippen molar-refractivity contribution < 1.29 is 211 Å². The summed E-state index contributed by atoms with van der Waals surface area (Å²) in [7, 11) is -49.9. The molecule has 10 rings (SSSR count). The zero-order chi connectivity index (χ0) is 100. The van der Waals surface area contributed by atoms with Crippen molar-refractivity contribution in [3.63, 3.8) is 0 Å². The lowest BCUT2D eigenvalue weighted by Gasteiger charge is -2.32. The number of hydrogen-bond donors (Lipinski definition) is 21. The van der Waals surface area contributed by atoms with Gasteiger partial charge in [-0.25, -0.2) is 55.4 Å². The van der Waals surface area contributed by atoms with Gasteiger partial charge in [0.25, 0.3) is 11.5 Å². The Bertz CT molecular complexity index is 5530. The van der Waals surface area contributed by atoms with Crippen LogP contribution in [0.5, 0.6) is 0 Å². The highest BCUT2D eigenvalue weighted by atomic mass is 33.1. The van der Waals surface area contributed by atoms with E-state index in [0.29, 0.717) is 29.0 Å². The van der Waals surface area contributed by atoms with Crippen LogP contribution in [0.1, 0.15) is 45.1 Å². The fourth-order valence-electron chi connectivity index (χ4n) is 11.9. The summed E-state index contributed by atoms with van der Waals surface area (Å²) in [5.74, 6) is -4.99. The van der Waals surface area contributed by atoms with E-state index in [0.717, 1.165) is 0 Å². The van der Waals surface area contributed by atoms with Crippen molar-refractivity contribution in [1.82, 2.24) is 49.2 Å². The highest BCUT2D eigenvalue weighted by molar-refractivity contribution is 8.77. The minimum Gasteiger partial charge on any atom is -0.384 e. The lowest BCUT2D eigenvalue weighted by atomic mass is 10.1. The quantitative estimate of drug-likeness (QED) is 0.0101. The van der Waals surface area contributed by atoms with E-state index in [1.54, 1.807) is 33.7 Å². The molecule has 4 fully saturated rings. The number of amides is 1. The van der Waals surface area contributed by atoms with E-state index < -0.39 is 221 Å². The van der Waals surface area contributed by atoms with Crippen LogP contribution in [0, 0.1) is 0 Å². The predicted octanol–water partition coefficient (Wildman–Crippen LogP) is 6.19. The van der Waals surface area contributed by atoms with Gasteiger partial charge in [0.05, 0.1) is 62.6 Å². The summed E-state index contributed by atoms with van der Waals surface area (Å²) >= 11 is 0. The maximum absolute atomic E-state index is 12.2. The standard InChI is InChI=1S/C14H23N4O12P3S2.C14H25N2O12P3S2.C13H22N5O11P3S2.C13H24N3O11P3S2/c1-34-35-6-27-9-4-11(18-3-2-8-12(18)16-14(15)17-13(8)19)29-10(9)5-28-33(25,26)30-32(23,24)7-31(20,21)22;1-9-5-16(10(2)15-14(9)17)13-4-11(25-7-33-32-3)12(27-13)6-26-31(23,24)28-30(21,22)8-29(18,19)20;1-33-34-6-26-8-2-10(18-5-17-11-12(14)15-4-16-13(11)18)28-9(8)3-27-32(24,25)29-31(22,23)7-30(19,20)21;1-9-15-12(14)3-4-16(9)13-5-10(24-7-32-31-2)11(26-13)6-25-30(22,23)27-29(20,21)8-28(17,18)19/h2-3,9-11H,4-7H2,1H3,(H,23,24)(H,25,26)(H2,20,21,22)(H3,15,16,17,19);5,11-13H,2,4,6-8H2,1,3H3,(H,15,17)(H,21,22)(H,23,24)(H2,18,19,20);4-5,8-10H,2-3,6-7H2,1H3,(H,22,23)(H,24,25)(H2,14,15,16)(H2,19,20,21);3-4,10-11,13H,1,5-8H2,2H3,(H2,14,15)(H,20,21)(H,22,23)(H2,17,18,19)/t9-,10+,11+;11-,12+,13+;8-,9+,10+;10-,11+,13+/m0000/s1. The van der Waals surface area contributed by atoms with E-state index in [9.17, 15) is 104 Å². The van der Waals surface area contributed by atoms with E-state index in [2.05, 4.69) is 65.6 Å². The molecular weight excluding hydrogens is 2210 g/mol. The Morgan fingerprint density at radius 1 is 0.485 bits per heavy atom. The molecule has 6 aliphatic rings. The van der Waals surface area contributed by atoms with Crippen molar-refractivity contribution in [2.24, 2.45) is 10.7 Å². The van der Waals surface area contributed by atoms with Gasteiger partial charge in [-0.2, -0.15) is 4.98 Å². The fraction of sp³-hybridized carbons (Fsp3) is 0.611.